The molecule has 0 amide bonds. The number of para-hydroxylation sites is 1. The SMILES string of the molecule is Cc1nn2cccnc2c1C(=O)OCc1cccc2cccnc12. The molecule has 3 aromatic heterocycles. The molecule has 4 aromatic rings. The number of ether oxygens (including phenoxy) is 1. The van der Waals surface area contributed by atoms with Crippen LogP contribution in [0.2, 0.25) is 0 Å². The fraction of sp³-hybridized carbons (Fsp3) is 0.111. The van der Waals surface area contributed by atoms with Crippen molar-refractivity contribution < 1.29 is 9.53 Å². The van der Waals surface area contributed by atoms with Gasteiger partial charge in [-0.2, -0.15) is 5.10 Å². The number of aromatic nitrogens is 4. The van der Waals surface area contributed by atoms with Gasteiger partial charge in [0.05, 0.1) is 11.2 Å². The molecule has 118 valence electrons. The van der Waals surface area contributed by atoms with E-state index in [1.54, 1.807) is 36.1 Å². The van der Waals surface area contributed by atoms with Gasteiger partial charge in [-0.15, -0.1) is 0 Å². The number of pyridine rings is 1. The summed E-state index contributed by atoms with van der Waals surface area (Å²) in [4.78, 5) is 21.1. The minimum atomic E-state index is -0.436. The first-order valence-corrected chi connectivity index (χ1v) is 7.54. The maximum Gasteiger partial charge on any atom is 0.344 e. The Hall–Kier alpha value is -3.28. The van der Waals surface area contributed by atoms with Crippen molar-refractivity contribution in [1.29, 1.82) is 0 Å². The summed E-state index contributed by atoms with van der Waals surface area (Å²) in [5.41, 5.74) is 3.18. The molecule has 6 nitrogen and oxygen atoms in total. The van der Waals surface area contributed by atoms with Gasteiger partial charge in [0.1, 0.15) is 12.2 Å². The van der Waals surface area contributed by atoms with Gasteiger partial charge in [-0.3, -0.25) is 4.98 Å². The number of hydrogen-bond donors (Lipinski definition) is 0. The maximum absolute atomic E-state index is 12.5. The summed E-state index contributed by atoms with van der Waals surface area (Å²) in [5, 5.41) is 5.29. The fourth-order valence-electron chi connectivity index (χ4n) is 2.73. The smallest absolute Gasteiger partial charge is 0.344 e. The van der Waals surface area contributed by atoms with E-state index >= 15 is 0 Å². The van der Waals surface area contributed by atoms with E-state index in [1.807, 2.05) is 30.3 Å². The normalized spacial score (nSPS) is 11.0. The molecular weight excluding hydrogens is 304 g/mol. The van der Waals surface area contributed by atoms with Gasteiger partial charge < -0.3 is 4.74 Å². The average Bonchev–Trinajstić information content (AvgIpc) is 2.95. The molecule has 3 heterocycles. The van der Waals surface area contributed by atoms with Crippen LogP contribution in [0.3, 0.4) is 0 Å². The van der Waals surface area contributed by atoms with Crippen molar-refractivity contribution in [3.63, 3.8) is 0 Å². The van der Waals surface area contributed by atoms with Crippen LogP contribution in [0.15, 0.2) is 55.0 Å². The molecule has 0 fully saturated rings. The number of carbonyl (C=O) groups excluding carboxylic acids is 1. The quantitative estimate of drug-likeness (QED) is 0.543. The zero-order valence-electron chi connectivity index (χ0n) is 13.0. The number of fused-ring (bicyclic) bond motifs is 2. The van der Waals surface area contributed by atoms with Crippen LogP contribution in [-0.4, -0.2) is 25.6 Å². The fourth-order valence-corrected chi connectivity index (χ4v) is 2.73. The highest BCUT2D eigenvalue weighted by Gasteiger charge is 2.19. The van der Waals surface area contributed by atoms with Crippen LogP contribution >= 0.6 is 0 Å². The van der Waals surface area contributed by atoms with Crippen LogP contribution in [0.4, 0.5) is 0 Å². The van der Waals surface area contributed by atoms with Crippen molar-refractivity contribution >= 4 is 22.5 Å². The lowest BCUT2D eigenvalue weighted by molar-refractivity contribution is 0.0475. The molecule has 0 aliphatic rings. The van der Waals surface area contributed by atoms with E-state index in [-0.39, 0.29) is 6.61 Å². The number of benzene rings is 1. The van der Waals surface area contributed by atoms with Crippen LogP contribution in [0.1, 0.15) is 21.6 Å². The number of rotatable bonds is 3. The molecule has 0 spiro atoms. The molecule has 0 N–H and O–H groups in total. The Kier molecular flexibility index (Phi) is 3.42. The van der Waals surface area contributed by atoms with Crippen LogP contribution < -0.4 is 0 Å². The Morgan fingerprint density at radius 2 is 1.96 bits per heavy atom. The number of esters is 1. The van der Waals surface area contributed by atoms with Gasteiger partial charge in [0.25, 0.3) is 0 Å². The first kappa shape index (κ1) is 14.3. The Bertz CT molecular complexity index is 1050. The molecule has 0 bridgehead atoms. The van der Waals surface area contributed by atoms with Crippen LogP contribution in [0, 0.1) is 6.92 Å². The van der Waals surface area contributed by atoms with Crippen molar-refractivity contribution in [2.75, 3.05) is 0 Å². The summed E-state index contributed by atoms with van der Waals surface area (Å²) in [7, 11) is 0. The van der Waals surface area contributed by atoms with Gasteiger partial charge in [0.15, 0.2) is 5.65 Å². The zero-order valence-corrected chi connectivity index (χ0v) is 13.0. The molecular formula is C18H14N4O2. The molecule has 0 radical (unpaired) electrons. The van der Waals surface area contributed by atoms with Crippen molar-refractivity contribution in [2.24, 2.45) is 0 Å². The topological polar surface area (TPSA) is 69.4 Å². The maximum atomic E-state index is 12.5. The van der Waals surface area contributed by atoms with Crippen LogP contribution in [0.25, 0.3) is 16.6 Å². The molecule has 0 saturated heterocycles. The van der Waals surface area contributed by atoms with Gasteiger partial charge in [0, 0.05) is 29.5 Å². The molecule has 0 aliphatic heterocycles. The summed E-state index contributed by atoms with van der Waals surface area (Å²) in [6.07, 6.45) is 5.11. The summed E-state index contributed by atoms with van der Waals surface area (Å²) in [5.74, 6) is -0.436. The third kappa shape index (κ3) is 2.38. The molecule has 0 atom stereocenters. The second-order valence-corrected chi connectivity index (χ2v) is 5.42. The second kappa shape index (κ2) is 5.73. The molecule has 4 rings (SSSR count). The predicted octanol–water partition coefficient (Wildman–Crippen LogP) is 2.94. The Morgan fingerprint density at radius 3 is 2.88 bits per heavy atom. The van der Waals surface area contributed by atoms with Crippen molar-refractivity contribution in [3.8, 4) is 0 Å². The highest BCUT2D eigenvalue weighted by Crippen LogP contribution is 2.19. The van der Waals surface area contributed by atoms with E-state index in [9.17, 15) is 4.79 Å². The Balaban J connectivity index is 1.63. The highest BCUT2D eigenvalue weighted by atomic mass is 16.5. The van der Waals surface area contributed by atoms with E-state index in [2.05, 4.69) is 15.1 Å². The lowest BCUT2D eigenvalue weighted by Gasteiger charge is -2.07. The number of hydrogen-bond acceptors (Lipinski definition) is 5. The summed E-state index contributed by atoms with van der Waals surface area (Å²) in [6, 6.07) is 11.4. The lowest BCUT2D eigenvalue weighted by atomic mass is 10.1. The third-order valence-corrected chi connectivity index (χ3v) is 3.85. The van der Waals surface area contributed by atoms with Crippen LogP contribution in [0.5, 0.6) is 0 Å². The lowest BCUT2D eigenvalue weighted by Crippen LogP contribution is -2.07. The van der Waals surface area contributed by atoms with Gasteiger partial charge in [-0.05, 0) is 19.1 Å². The molecule has 1 aromatic carbocycles. The van der Waals surface area contributed by atoms with Gasteiger partial charge in [-0.1, -0.05) is 24.3 Å². The first-order valence-electron chi connectivity index (χ1n) is 7.54. The van der Waals surface area contributed by atoms with E-state index in [0.717, 1.165) is 16.5 Å². The molecule has 24 heavy (non-hydrogen) atoms. The van der Waals surface area contributed by atoms with Crippen molar-refractivity contribution in [3.05, 3.63) is 71.8 Å². The standard InChI is InChI=1S/C18H14N4O2/c1-12-15(17-20-9-4-10-22(17)21-12)18(23)24-11-14-6-2-5-13-7-3-8-19-16(13)14/h2-10H,11H2,1H3. The number of nitrogens with zero attached hydrogens (tertiary/aromatic N) is 4. The molecule has 0 aliphatic carbocycles. The molecule has 6 heteroatoms. The summed E-state index contributed by atoms with van der Waals surface area (Å²) >= 11 is 0. The van der Waals surface area contributed by atoms with E-state index in [1.165, 1.54) is 0 Å². The van der Waals surface area contributed by atoms with Gasteiger partial charge >= 0.3 is 5.97 Å². The summed E-state index contributed by atoms with van der Waals surface area (Å²) in [6.45, 7) is 1.92. The predicted molar refractivity (Wildman–Crippen MR) is 88.6 cm³/mol. The molecule has 0 unspecified atom stereocenters. The largest absolute Gasteiger partial charge is 0.457 e. The third-order valence-electron chi connectivity index (χ3n) is 3.85. The Morgan fingerprint density at radius 1 is 1.12 bits per heavy atom. The first-order chi connectivity index (χ1) is 11.7. The van der Waals surface area contributed by atoms with Crippen LogP contribution in [-0.2, 0) is 11.3 Å². The summed E-state index contributed by atoms with van der Waals surface area (Å²) < 4.78 is 7.07. The monoisotopic (exact) mass is 318 g/mol. The van der Waals surface area contributed by atoms with E-state index in [4.69, 9.17) is 4.74 Å². The second-order valence-electron chi connectivity index (χ2n) is 5.42. The van der Waals surface area contributed by atoms with Gasteiger partial charge in [-0.25, -0.2) is 14.3 Å². The zero-order chi connectivity index (χ0) is 16.5. The molecule has 0 saturated carbocycles. The van der Waals surface area contributed by atoms with E-state index in [0.29, 0.717) is 16.9 Å². The number of aryl methyl sites for hydroxylation is 1. The van der Waals surface area contributed by atoms with Gasteiger partial charge in [0.2, 0.25) is 0 Å². The minimum absolute atomic E-state index is 0.150. The highest BCUT2D eigenvalue weighted by molar-refractivity contribution is 5.97. The Labute approximate surface area is 137 Å². The average molecular weight is 318 g/mol. The van der Waals surface area contributed by atoms with Crippen molar-refractivity contribution in [2.45, 2.75) is 13.5 Å². The van der Waals surface area contributed by atoms with E-state index < -0.39 is 5.97 Å². The number of carbonyl (C=O) groups is 1. The van der Waals surface area contributed by atoms with Crippen molar-refractivity contribution in [1.82, 2.24) is 19.6 Å². The minimum Gasteiger partial charge on any atom is -0.457 e.